The molecule has 0 atom stereocenters. The molecule has 3 aromatic rings. The van der Waals surface area contributed by atoms with E-state index in [-0.39, 0.29) is 0 Å². The molecule has 1 aromatic heterocycles. The minimum atomic E-state index is 0.410. The molecule has 0 amide bonds. The molecule has 0 aliphatic carbocycles. The van der Waals surface area contributed by atoms with Crippen molar-refractivity contribution in [2.24, 2.45) is 0 Å². The van der Waals surface area contributed by atoms with E-state index in [0.29, 0.717) is 5.69 Å². The molecule has 108 valence electrons. The van der Waals surface area contributed by atoms with Gasteiger partial charge in [0.1, 0.15) is 6.07 Å². The summed E-state index contributed by atoms with van der Waals surface area (Å²) in [7, 11) is 1.88. The van der Waals surface area contributed by atoms with Gasteiger partial charge in [0.2, 0.25) is 0 Å². The van der Waals surface area contributed by atoms with E-state index < -0.39 is 0 Å². The van der Waals surface area contributed by atoms with Gasteiger partial charge in [-0.3, -0.25) is 0 Å². The van der Waals surface area contributed by atoms with E-state index in [4.69, 9.17) is 5.26 Å². The first-order chi connectivity index (χ1) is 10.7. The van der Waals surface area contributed by atoms with Gasteiger partial charge in [-0.05, 0) is 31.2 Å². The summed E-state index contributed by atoms with van der Waals surface area (Å²) >= 11 is 0. The lowest BCUT2D eigenvalue weighted by Gasteiger charge is -2.09. The number of anilines is 1. The number of benzene rings is 2. The van der Waals surface area contributed by atoms with Crippen LogP contribution >= 0.6 is 0 Å². The highest BCUT2D eigenvalue weighted by atomic mass is 15.3. The maximum atomic E-state index is 9.16. The van der Waals surface area contributed by atoms with Gasteiger partial charge in [0.05, 0.1) is 11.4 Å². The van der Waals surface area contributed by atoms with Crippen LogP contribution in [0.2, 0.25) is 0 Å². The second-order valence-corrected chi connectivity index (χ2v) is 5.10. The second kappa shape index (κ2) is 5.74. The molecule has 3 rings (SSSR count). The molecular weight excluding hydrogens is 272 g/mol. The van der Waals surface area contributed by atoms with Crippen LogP contribution in [0.1, 0.15) is 11.3 Å². The van der Waals surface area contributed by atoms with Crippen molar-refractivity contribution in [3.63, 3.8) is 0 Å². The Morgan fingerprint density at radius 3 is 2.32 bits per heavy atom. The van der Waals surface area contributed by atoms with Crippen LogP contribution in [0.15, 0.2) is 54.6 Å². The van der Waals surface area contributed by atoms with E-state index in [9.17, 15) is 0 Å². The van der Waals surface area contributed by atoms with Gasteiger partial charge in [-0.25, -0.2) is 4.68 Å². The largest absolute Gasteiger partial charge is 0.388 e. The monoisotopic (exact) mass is 288 g/mol. The average molecular weight is 288 g/mol. The predicted octanol–water partition coefficient (Wildman–Crippen LogP) is 3.76. The Morgan fingerprint density at radius 2 is 1.73 bits per heavy atom. The Morgan fingerprint density at radius 1 is 1.05 bits per heavy atom. The van der Waals surface area contributed by atoms with Crippen molar-refractivity contribution < 1.29 is 0 Å². The van der Waals surface area contributed by atoms with Crippen LogP contribution in [0, 0.1) is 18.3 Å². The highest BCUT2D eigenvalue weighted by Crippen LogP contribution is 2.25. The quantitative estimate of drug-likeness (QED) is 0.798. The lowest BCUT2D eigenvalue weighted by molar-refractivity contribution is 0.880. The van der Waals surface area contributed by atoms with Crippen molar-refractivity contribution in [1.29, 1.82) is 5.26 Å². The minimum Gasteiger partial charge on any atom is -0.388 e. The molecule has 0 saturated carbocycles. The Kier molecular flexibility index (Phi) is 3.63. The smallest absolute Gasteiger partial charge is 0.163 e. The summed E-state index contributed by atoms with van der Waals surface area (Å²) < 4.78 is 1.81. The number of rotatable bonds is 3. The fourth-order valence-electron chi connectivity index (χ4n) is 2.33. The molecule has 1 N–H and O–H groups in total. The summed E-state index contributed by atoms with van der Waals surface area (Å²) in [6.07, 6.45) is 0. The highest BCUT2D eigenvalue weighted by Gasteiger charge is 2.11. The van der Waals surface area contributed by atoms with Crippen LogP contribution in [-0.4, -0.2) is 16.8 Å². The Labute approximate surface area is 129 Å². The van der Waals surface area contributed by atoms with Crippen molar-refractivity contribution in [3.05, 3.63) is 65.9 Å². The van der Waals surface area contributed by atoms with Crippen LogP contribution in [0.3, 0.4) is 0 Å². The maximum Gasteiger partial charge on any atom is 0.163 e. The summed E-state index contributed by atoms with van der Waals surface area (Å²) in [5.74, 6) is 0. The normalized spacial score (nSPS) is 10.2. The molecule has 0 unspecified atom stereocenters. The Balaban J connectivity index is 2.12. The molecule has 22 heavy (non-hydrogen) atoms. The maximum absolute atomic E-state index is 9.16. The molecule has 0 aliphatic rings. The van der Waals surface area contributed by atoms with E-state index in [0.717, 1.165) is 22.6 Å². The van der Waals surface area contributed by atoms with Crippen LogP contribution < -0.4 is 5.32 Å². The molecule has 0 radical (unpaired) electrons. The third-order valence-corrected chi connectivity index (χ3v) is 3.57. The standard InChI is InChI=1S/C18H16N4/c1-13-3-5-14(6-4-13)18-11-16(12-19)21-22(18)17-9-7-15(20-2)8-10-17/h3-11,20H,1-2H3. The van der Waals surface area contributed by atoms with Crippen molar-refractivity contribution in [2.45, 2.75) is 6.92 Å². The fraction of sp³-hybridized carbons (Fsp3) is 0.111. The zero-order valence-corrected chi connectivity index (χ0v) is 12.5. The van der Waals surface area contributed by atoms with Crippen molar-refractivity contribution in [1.82, 2.24) is 9.78 Å². The fourth-order valence-corrected chi connectivity index (χ4v) is 2.33. The van der Waals surface area contributed by atoms with E-state index in [1.807, 2.05) is 54.2 Å². The molecule has 0 saturated heterocycles. The molecule has 0 bridgehead atoms. The molecule has 0 aliphatic heterocycles. The summed E-state index contributed by atoms with van der Waals surface area (Å²) in [5, 5.41) is 16.6. The third kappa shape index (κ3) is 2.57. The molecular formula is C18H16N4. The highest BCUT2D eigenvalue weighted by molar-refractivity contribution is 5.64. The van der Waals surface area contributed by atoms with Crippen molar-refractivity contribution >= 4 is 5.69 Å². The number of hydrogen-bond acceptors (Lipinski definition) is 3. The second-order valence-electron chi connectivity index (χ2n) is 5.10. The van der Waals surface area contributed by atoms with Crippen LogP contribution in [-0.2, 0) is 0 Å². The van der Waals surface area contributed by atoms with Crippen molar-refractivity contribution in [3.8, 4) is 23.0 Å². The number of aromatic nitrogens is 2. The lowest BCUT2D eigenvalue weighted by Crippen LogP contribution is -1.99. The molecule has 4 heteroatoms. The molecule has 4 nitrogen and oxygen atoms in total. The van der Waals surface area contributed by atoms with Gasteiger partial charge in [0.15, 0.2) is 5.69 Å². The SMILES string of the molecule is CNc1ccc(-n2nc(C#N)cc2-c2ccc(C)cc2)cc1. The van der Waals surface area contributed by atoms with Gasteiger partial charge in [-0.2, -0.15) is 10.4 Å². The first-order valence-corrected chi connectivity index (χ1v) is 7.06. The average Bonchev–Trinajstić information content (AvgIpc) is 3.00. The van der Waals surface area contributed by atoms with E-state index in [2.05, 4.69) is 35.5 Å². The van der Waals surface area contributed by atoms with Gasteiger partial charge in [-0.1, -0.05) is 29.8 Å². The summed E-state index contributed by atoms with van der Waals surface area (Å²) in [4.78, 5) is 0. The van der Waals surface area contributed by atoms with Crippen LogP contribution in [0.5, 0.6) is 0 Å². The van der Waals surface area contributed by atoms with Gasteiger partial charge in [-0.15, -0.1) is 0 Å². The van der Waals surface area contributed by atoms with Crippen LogP contribution in [0.25, 0.3) is 16.9 Å². The molecule has 0 spiro atoms. The summed E-state index contributed by atoms with van der Waals surface area (Å²) in [6.45, 7) is 2.05. The van der Waals surface area contributed by atoms with Crippen LogP contribution in [0.4, 0.5) is 5.69 Å². The van der Waals surface area contributed by atoms with Gasteiger partial charge >= 0.3 is 0 Å². The number of nitrogens with one attached hydrogen (secondary N) is 1. The summed E-state index contributed by atoms with van der Waals surface area (Å²) in [6, 6.07) is 20.1. The molecule has 1 heterocycles. The number of nitrogens with zero attached hydrogens (tertiary/aromatic N) is 3. The first-order valence-electron chi connectivity index (χ1n) is 7.06. The Hall–Kier alpha value is -3.06. The number of nitriles is 1. The number of aryl methyl sites for hydroxylation is 1. The third-order valence-electron chi connectivity index (χ3n) is 3.57. The lowest BCUT2D eigenvalue weighted by atomic mass is 10.1. The van der Waals surface area contributed by atoms with E-state index in [1.54, 1.807) is 0 Å². The predicted molar refractivity (Wildman–Crippen MR) is 88.0 cm³/mol. The van der Waals surface area contributed by atoms with Crippen molar-refractivity contribution in [2.75, 3.05) is 12.4 Å². The zero-order chi connectivity index (χ0) is 15.5. The first kappa shape index (κ1) is 13.9. The number of hydrogen-bond donors (Lipinski definition) is 1. The van der Waals surface area contributed by atoms with Gasteiger partial charge in [0.25, 0.3) is 0 Å². The molecule has 2 aromatic carbocycles. The Bertz CT molecular complexity index is 821. The van der Waals surface area contributed by atoms with Gasteiger partial charge in [0, 0.05) is 24.4 Å². The molecule has 0 fully saturated rings. The van der Waals surface area contributed by atoms with Gasteiger partial charge < -0.3 is 5.32 Å². The summed E-state index contributed by atoms with van der Waals surface area (Å²) in [5.41, 5.74) is 5.53. The van der Waals surface area contributed by atoms with E-state index >= 15 is 0 Å². The van der Waals surface area contributed by atoms with E-state index in [1.165, 1.54) is 5.56 Å². The minimum absolute atomic E-state index is 0.410. The zero-order valence-electron chi connectivity index (χ0n) is 12.5. The topological polar surface area (TPSA) is 53.6 Å².